The summed E-state index contributed by atoms with van der Waals surface area (Å²) in [7, 11) is 1.25. The summed E-state index contributed by atoms with van der Waals surface area (Å²) in [6, 6.07) is 0. The smallest absolute Gasteiger partial charge is 0.325 e. The Labute approximate surface area is 132 Å². The maximum absolute atomic E-state index is 12.3. The van der Waals surface area contributed by atoms with Gasteiger partial charge in [-0.25, -0.2) is 9.97 Å². The Balaban J connectivity index is 2.35. The third-order valence-electron chi connectivity index (χ3n) is 3.08. The van der Waals surface area contributed by atoms with Crippen LogP contribution >= 0.6 is 12.6 Å². The SMILES string of the molecule is COC(=O)CNC(=O)c1cnc(N)c2ncn(CCC[S])c12. The van der Waals surface area contributed by atoms with Crippen molar-refractivity contribution in [1.82, 2.24) is 19.9 Å². The van der Waals surface area contributed by atoms with Crippen molar-refractivity contribution < 1.29 is 14.3 Å². The predicted molar refractivity (Wildman–Crippen MR) is 83.4 cm³/mol. The summed E-state index contributed by atoms with van der Waals surface area (Å²) >= 11 is 4.94. The maximum Gasteiger partial charge on any atom is 0.325 e. The van der Waals surface area contributed by atoms with E-state index in [9.17, 15) is 9.59 Å². The normalized spacial score (nSPS) is 10.6. The first-order chi connectivity index (χ1) is 10.6. The Morgan fingerprint density at radius 1 is 1.45 bits per heavy atom. The van der Waals surface area contributed by atoms with E-state index in [-0.39, 0.29) is 12.4 Å². The molecule has 117 valence electrons. The number of nitrogens with two attached hydrogens (primary N) is 1. The van der Waals surface area contributed by atoms with Gasteiger partial charge >= 0.3 is 5.97 Å². The van der Waals surface area contributed by atoms with Gasteiger partial charge in [0.15, 0.2) is 5.82 Å². The molecule has 0 unspecified atom stereocenters. The zero-order valence-corrected chi connectivity index (χ0v) is 12.9. The summed E-state index contributed by atoms with van der Waals surface area (Å²) in [6.07, 6.45) is 3.74. The number of pyridine rings is 1. The average Bonchev–Trinajstić information content (AvgIpc) is 2.95. The van der Waals surface area contributed by atoms with Crippen molar-refractivity contribution in [2.24, 2.45) is 0 Å². The van der Waals surface area contributed by atoms with Crippen LogP contribution in [-0.2, 0) is 16.1 Å². The predicted octanol–water partition coefficient (Wildman–Crippen LogP) is 0.504. The van der Waals surface area contributed by atoms with Gasteiger partial charge in [0.1, 0.15) is 12.1 Å². The summed E-state index contributed by atoms with van der Waals surface area (Å²) in [5.41, 5.74) is 7.13. The van der Waals surface area contributed by atoms with Crippen molar-refractivity contribution in [3.8, 4) is 0 Å². The van der Waals surface area contributed by atoms with E-state index in [0.717, 1.165) is 6.42 Å². The Hall–Kier alpha value is -2.29. The molecule has 2 aromatic rings. The van der Waals surface area contributed by atoms with Crippen LogP contribution in [0.15, 0.2) is 12.5 Å². The Morgan fingerprint density at radius 3 is 2.91 bits per heavy atom. The van der Waals surface area contributed by atoms with Gasteiger partial charge in [-0.15, -0.1) is 0 Å². The van der Waals surface area contributed by atoms with Crippen LogP contribution in [0.1, 0.15) is 16.8 Å². The van der Waals surface area contributed by atoms with Crippen LogP contribution in [0.3, 0.4) is 0 Å². The minimum Gasteiger partial charge on any atom is -0.468 e. The Bertz CT molecular complexity index is 700. The number of imidazole rings is 1. The Kier molecular flexibility index (Phi) is 5.21. The quantitative estimate of drug-likeness (QED) is 0.749. The molecule has 2 aromatic heterocycles. The molecular formula is C13H16N5O3S. The number of anilines is 1. The highest BCUT2D eigenvalue weighted by molar-refractivity contribution is 7.80. The van der Waals surface area contributed by atoms with Crippen molar-refractivity contribution in [3.05, 3.63) is 18.1 Å². The molecule has 0 saturated heterocycles. The molecule has 22 heavy (non-hydrogen) atoms. The number of hydrogen-bond acceptors (Lipinski definition) is 6. The number of esters is 1. The van der Waals surface area contributed by atoms with Crippen LogP contribution in [0.5, 0.6) is 0 Å². The van der Waals surface area contributed by atoms with E-state index in [1.54, 1.807) is 6.33 Å². The minimum atomic E-state index is -0.535. The van der Waals surface area contributed by atoms with Crippen molar-refractivity contribution in [2.75, 3.05) is 25.1 Å². The maximum atomic E-state index is 12.3. The zero-order valence-electron chi connectivity index (χ0n) is 12.0. The van der Waals surface area contributed by atoms with Crippen LogP contribution in [-0.4, -0.2) is 45.8 Å². The first kappa shape index (κ1) is 16.1. The molecular weight excluding hydrogens is 306 g/mol. The highest BCUT2D eigenvalue weighted by Crippen LogP contribution is 2.22. The van der Waals surface area contributed by atoms with E-state index >= 15 is 0 Å². The monoisotopic (exact) mass is 322 g/mol. The fraction of sp³-hybridized carbons (Fsp3) is 0.385. The Morgan fingerprint density at radius 2 is 2.23 bits per heavy atom. The van der Waals surface area contributed by atoms with Gasteiger partial charge in [0.05, 0.1) is 24.5 Å². The largest absolute Gasteiger partial charge is 0.468 e. The molecule has 3 N–H and O–H groups in total. The van der Waals surface area contributed by atoms with Gasteiger partial charge in [-0.2, -0.15) is 0 Å². The average molecular weight is 322 g/mol. The highest BCUT2D eigenvalue weighted by Gasteiger charge is 2.18. The van der Waals surface area contributed by atoms with E-state index in [4.69, 9.17) is 18.4 Å². The number of nitrogens with zero attached hydrogens (tertiary/aromatic N) is 3. The molecule has 1 amide bonds. The molecule has 8 nitrogen and oxygen atoms in total. The number of fused-ring (bicyclic) bond motifs is 1. The molecule has 0 aliphatic heterocycles. The van der Waals surface area contributed by atoms with Gasteiger partial charge in [0, 0.05) is 18.5 Å². The number of carbonyl (C=O) groups excluding carboxylic acids is 2. The van der Waals surface area contributed by atoms with Crippen molar-refractivity contribution in [3.63, 3.8) is 0 Å². The van der Waals surface area contributed by atoms with Gasteiger partial charge in [-0.05, 0) is 6.42 Å². The van der Waals surface area contributed by atoms with Crippen molar-refractivity contribution in [2.45, 2.75) is 13.0 Å². The topological polar surface area (TPSA) is 112 Å². The van der Waals surface area contributed by atoms with Gasteiger partial charge in [0.25, 0.3) is 5.91 Å². The number of methoxy groups -OCH3 is 1. The fourth-order valence-electron chi connectivity index (χ4n) is 2.00. The second-order valence-electron chi connectivity index (χ2n) is 4.51. The molecule has 0 fully saturated rings. The molecule has 0 atom stereocenters. The molecule has 2 heterocycles. The number of carbonyl (C=O) groups is 2. The van der Waals surface area contributed by atoms with Gasteiger partial charge in [-0.3, -0.25) is 9.59 Å². The van der Waals surface area contributed by atoms with E-state index in [2.05, 4.69) is 20.0 Å². The van der Waals surface area contributed by atoms with E-state index in [1.165, 1.54) is 13.3 Å². The van der Waals surface area contributed by atoms with Crippen LogP contribution in [0.4, 0.5) is 5.82 Å². The number of nitrogens with one attached hydrogen (secondary N) is 1. The van der Waals surface area contributed by atoms with Crippen LogP contribution in [0, 0.1) is 0 Å². The van der Waals surface area contributed by atoms with Crippen LogP contribution in [0.25, 0.3) is 11.0 Å². The third kappa shape index (κ3) is 3.30. The molecule has 0 bridgehead atoms. The third-order valence-corrected chi connectivity index (χ3v) is 3.37. The summed E-state index contributed by atoms with van der Waals surface area (Å²) < 4.78 is 6.30. The van der Waals surface area contributed by atoms with Gasteiger partial charge in [-0.1, -0.05) is 12.6 Å². The second-order valence-corrected chi connectivity index (χ2v) is 4.92. The fourth-order valence-corrected chi connectivity index (χ4v) is 2.13. The zero-order chi connectivity index (χ0) is 16.1. The summed E-state index contributed by atoms with van der Waals surface area (Å²) in [5.74, 6) is -0.128. The number of nitrogen functional groups attached to an aromatic ring is 1. The first-order valence-corrected chi connectivity index (χ1v) is 7.18. The van der Waals surface area contributed by atoms with Gasteiger partial charge < -0.3 is 20.4 Å². The molecule has 9 heteroatoms. The lowest BCUT2D eigenvalue weighted by Gasteiger charge is -2.09. The molecule has 0 saturated carbocycles. The molecule has 0 aliphatic rings. The number of aromatic nitrogens is 3. The van der Waals surface area contributed by atoms with E-state index in [1.807, 2.05) is 4.57 Å². The van der Waals surface area contributed by atoms with Crippen LogP contribution in [0.2, 0.25) is 0 Å². The first-order valence-electron chi connectivity index (χ1n) is 6.61. The number of amides is 1. The second kappa shape index (κ2) is 7.12. The summed E-state index contributed by atoms with van der Waals surface area (Å²) in [4.78, 5) is 31.5. The number of hydrogen-bond donors (Lipinski definition) is 2. The van der Waals surface area contributed by atoms with E-state index < -0.39 is 11.9 Å². The van der Waals surface area contributed by atoms with Crippen molar-refractivity contribution in [1.29, 1.82) is 0 Å². The lowest BCUT2D eigenvalue weighted by Crippen LogP contribution is -2.30. The molecule has 0 aromatic carbocycles. The van der Waals surface area contributed by atoms with E-state index in [0.29, 0.717) is 28.9 Å². The lowest BCUT2D eigenvalue weighted by molar-refractivity contribution is -0.139. The van der Waals surface area contributed by atoms with Crippen molar-refractivity contribution >= 4 is 41.4 Å². The van der Waals surface area contributed by atoms with Crippen LogP contribution < -0.4 is 11.1 Å². The highest BCUT2D eigenvalue weighted by atomic mass is 32.1. The number of rotatable bonds is 6. The standard InChI is InChI=1S/C13H16N5O3S/c1-21-9(19)6-16-13(20)8-5-15-12(14)10-11(8)18(7-17-10)3-2-4-22/h5,7H,2-4,6H2,1H3,(H2,14,15)(H,16,20). The van der Waals surface area contributed by atoms with Gasteiger partial charge in [0.2, 0.25) is 0 Å². The summed E-state index contributed by atoms with van der Waals surface area (Å²) in [5, 5.41) is 2.48. The lowest BCUT2D eigenvalue weighted by atomic mass is 10.2. The molecule has 1 radical (unpaired) electrons. The number of ether oxygens (including phenoxy) is 1. The minimum absolute atomic E-state index is 0.221. The number of aryl methyl sites for hydroxylation is 1. The molecule has 2 rings (SSSR count). The summed E-state index contributed by atoms with van der Waals surface area (Å²) in [6.45, 7) is 0.405. The molecule has 0 spiro atoms. The molecule has 0 aliphatic carbocycles.